The zero-order valence-electron chi connectivity index (χ0n) is 33.0. The van der Waals surface area contributed by atoms with Gasteiger partial charge in [-0.3, -0.25) is 18.8 Å². The van der Waals surface area contributed by atoms with Crippen LogP contribution in [-0.4, -0.2) is 115 Å². The van der Waals surface area contributed by atoms with Gasteiger partial charge in [0.2, 0.25) is 15.9 Å². The third-order valence-corrected chi connectivity index (χ3v) is 11.4. The molecule has 0 unspecified atom stereocenters. The number of amides is 2. The molecule has 20 nitrogen and oxygen atoms in total. The van der Waals surface area contributed by atoms with E-state index in [1.165, 1.54) is 44.3 Å². The number of carbonyl (C=O) groups excluding carboxylic acids is 4. The first-order chi connectivity index (χ1) is 28.6. The summed E-state index contributed by atoms with van der Waals surface area (Å²) in [6.45, 7) is 3.23. The van der Waals surface area contributed by atoms with Gasteiger partial charge in [0.25, 0.3) is 16.0 Å². The average Bonchev–Trinajstić information content (AvgIpc) is 3.83. The first kappa shape index (κ1) is 48.0. The molecular formula is C36H46F3N9O11S2. The number of nitrogens with two attached hydrogens (primary N) is 1. The molecule has 0 radical (unpaired) electrons. The number of imidazole rings is 1. The number of halogens is 3. The molecule has 0 aliphatic carbocycles. The number of aromatic amines is 1. The Bertz CT molecular complexity index is 2370. The maximum absolute atomic E-state index is 13.7. The minimum absolute atomic E-state index is 0.0385. The van der Waals surface area contributed by atoms with Crippen LogP contribution in [0.1, 0.15) is 53.6 Å². The number of carbonyl (C=O) groups is 4. The highest BCUT2D eigenvalue weighted by Gasteiger charge is 2.44. The van der Waals surface area contributed by atoms with E-state index in [4.69, 9.17) is 15.0 Å². The Kier molecular flexibility index (Phi) is 16.7. The highest BCUT2D eigenvalue weighted by molar-refractivity contribution is 7.89. The number of benzene rings is 2. The molecule has 2 aromatic heterocycles. The largest absolute Gasteiger partial charge is 0.494 e. The average molecular weight is 902 g/mol. The minimum Gasteiger partial charge on any atom is -0.494 e. The molecule has 0 spiro atoms. The van der Waals surface area contributed by atoms with Crippen molar-refractivity contribution in [2.45, 2.75) is 75.7 Å². The summed E-state index contributed by atoms with van der Waals surface area (Å²) in [6.07, 6.45) is 0.843. The van der Waals surface area contributed by atoms with E-state index in [2.05, 4.69) is 35.8 Å². The number of H-pyrrole nitrogens is 1. The van der Waals surface area contributed by atoms with E-state index in [0.29, 0.717) is 42.8 Å². The van der Waals surface area contributed by atoms with Crippen LogP contribution in [0.3, 0.4) is 0 Å². The Labute approximate surface area is 348 Å². The Morgan fingerprint density at radius 2 is 1.72 bits per heavy atom. The second-order valence-corrected chi connectivity index (χ2v) is 16.9. The van der Waals surface area contributed by atoms with Gasteiger partial charge in [-0.05, 0) is 81.0 Å². The molecular weight excluding hydrogens is 856 g/mol. The highest BCUT2D eigenvalue weighted by Crippen LogP contribution is 2.27. The number of nitrogens with one attached hydrogen (secondary N) is 5. The van der Waals surface area contributed by atoms with Crippen LogP contribution < -0.4 is 31.1 Å². The molecule has 2 atom stereocenters. The summed E-state index contributed by atoms with van der Waals surface area (Å²) >= 11 is 0. The fourth-order valence-corrected chi connectivity index (χ4v) is 8.36. The fourth-order valence-electron chi connectivity index (χ4n) is 6.02. The summed E-state index contributed by atoms with van der Waals surface area (Å²) in [4.78, 5) is 56.4. The Balaban J connectivity index is 1.36. The van der Waals surface area contributed by atoms with Gasteiger partial charge in [-0.15, -0.1) is 0 Å². The predicted molar refractivity (Wildman–Crippen MR) is 212 cm³/mol. The smallest absolute Gasteiger partial charge is 0.491 e. The van der Waals surface area contributed by atoms with Gasteiger partial charge >= 0.3 is 18.1 Å². The van der Waals surface area contributed by atoms with Gasteiger partial charge in [0.15, 0.2) is 5.95 Å². The molecule has 2 heterocycles. The van der Waals surface area contributed by atoms with Crippen molar-refractivity contribution in [3.05, 3.63) is 65.6 Å². The number of anilines is 1. The molecule has 0 bridgehead atoms. The van der Waals surface area contributed by atoms with E-state index in [-0.39, 0.29) is 65.7 Å². The summed E-state index contributed by atoms with van der Waals surface area (Å²) in [5, 5.41) is 13.0. The van der Waals surface area contributed by atoms with E-state index in [9.17, 15) is 49.2 Å². The fraction of sp³-hybridized carbons (Fsp3) is 0.444. The minimum atomic E-state index is -5.59. The molecule has 4 rings (SSSR count). The van der Waals surface area contributed by atoms with E-state index in [1.54, 1.807) is 23.1 Å². The van der Waals surface area contributed by atoms with Crippen molar-refractivity contribution in [2.24, 2.45) is 5.73 Å². The van der Waals surface area contributed by atoms with Crippen molar-refractivity contribution in [3.63, 3.8) is 0 Å². The second-order valence-electron chi connectivity index (χ2n) is 13.8. The Morgan fingerprint density at radius 3 is 2.38 bits per heavy atom. The third-order valence-electron chi connectivity index (χ3n) is 8.73. The van der Waals surface area contributed by atoms with E-state index < -0.39 is 68.5 Å². The maximum Gasteiger partial charge on any atom is 0.491 e. The van der Waals surface area contributed by atoms with Crippen LogP contribution in [0.15, 0.2) is 53.8 Å². The van der Waals surface area contributed by atoms with Crippen molar-refractivity contribution in [1.29, 1.82) is 0 Å². The van der Waals surface area contributed by atoms with Crippen LogP contribution in [0.2, 0.25) is 0 Å². The lowest BCUT2D eigenvalue weighted by atomic mass is 10.1. The number of alkyl halides is 3. The van der Waals surface area contributed by atoms with Gasteiger partial charge in [-0.1, -0.05) is 0 Å². The van der Waals surface area contributed by atoms with Crippen molar-refractivity contribution in [2.75, 3.05) is 37.3 Å². The Hall–Kier alpha value is -5.63. The maximum atomic E-state index is 13.7. The highest BCUT2D eigenvalue weighted by atomic mass is 32.2. The number of fused-ring (bicyclic) bond motifs is 1. The van der Waals surface area contributed by atoms with Crippen molar-refractivity contribution >= 4 is 60.7 Å². The first-order valence-electron chi connectivity index (χ1n) is 18.7. The molecule has 0 saturated carbocycles. The van der Waals surface area contributed by atoms with Gasteiger partial charge in [-0.2, -0.15) is 31.4 Å². The molecule has 0 saturated heterocycles. The monoisotopic (exact) mass is 901 g/mol. The number of nitrogens with zero attached hydrogens (tertiary/aromatic N) is 3. The SMILES string of the molecule is Cc1cc(OCCCC(=O)NCCC[C@@H](N)CS(=O)(=O)O)cc(C)c1S(=O)(=O)N[C@@H](CNC(=O)c1ccc2c(cnn2CCCNc2ncc[nH]2)c1)C(=O)OC(=O)C(F)(F)F. The standard InChI is InChI=1S/C36H46F3N9O11S2/c1-22-16-27(58-15-4-7-30(49)41-10-3-6-26(40)21-60(53,54)55)17-23(2)31(22)61(56,57)47-28(33(51)59-34(52)36(37,38)39)20-45-32(50)24-8-9-29-25(18-24)19-46-48(29)14-5-11-42-35-43-12-13-44-35/h8-9,12-13,16-19,26,28,47H,3-7,10-11,14-15,20-21,40H2,1-2H3,(H,41,49)(H,45,50)(H2,42,43,44)(H,53,54,55)/t26-,28+/m1/s1. The van der Waals surface area contributed by atoms with Gasteiger partial charge in [-0.25, -0.2) is 23.0 Å². The summed E-state index contributed by atoms with van der Waals surface area (Å²) in [5.74, 6) is -5.73. The number of aryl methyl sites for hydroxylation is 3. The van der Waals surface area contributed by atoms with E-state index in [0.717, 1.165) is 0 Å². The van der Waals surface area contributed by atoms with Gasteiger partial charge in [0.05, 0.1) is 29.0 Å². The van der Waals surface area contributed by atoms with Crippen LogP contribution in [0.25, 0.3) is 10.9 Å². The van der Waals surface area contributed by atoms with Crippen molar-refractivity contribution < 1.29 is 63.2 Å². The summed E-state index contributed by atoms with van der Waals surface area (Å²) < 4.78 is 110. The molecule has 2 aromatic carbocycles. The predicted octanol–water partition coefficient (Wildman–Crippen LogP) is 1.86. The topological polar surface area (TPSA) is 296 Å². The number of esters is 2. The molecule has 334 valence electrons. The number of rotatable bonds is 23. The Morgan fingerprint density at radius 1 is 1.00 bits per heavy atom. The van der Waals surface area contributed by atoms with E-state index in [1.807, 2.05) is 4.72 Å². The van der Waals surface area contributed by atoms with Crippen LogP contribution in [0.5, 0.6) is 5.75 Å². The van der Waals surface area contributed by atoms with E-state index >= 15 is 0 Å². The molecule has 25 heteroatoms. The number of ether oxygens (including phenoxy) is 2. The van der Waals surface area contributed by atoms with Crippen LogP contribution in [0, 0.1) is 13.8 Å². The zero-order chi connectivity index (χ0) is 45.0. The lowest BCUT2D eigenvalue weighted by molar-refractivity contribution is -0.202. The number of hydrogen-bond donors (Lipinski definition) is 7. The molecule has 0 fully saturated rings. The van der Waals surface area contributed by atoms with Crippen LogP contribution >= 0.6 is 0 Å². The first-order valence-corrected chi connectivity index (χ1v) is 21.8. The number of aromatic nitrogens is 4. The van der Waals surface area contributed by atoms with Crippen molar-refractivity contribution in [1.82, 2.24) is 35.1 Å². The van der Waals surface area contributed by atoms with Crippen LogP contribution in [0.4, 0.5) is 19.1 Å². The van der Waals surface area contributed by atoms with Crippen molar-refractivity contribution in [3.8, 4) is 5.75 Å². The summed E-state index contributed by atoms with van der Waals surface area (Å²) in [6, 6.07) is 4.23. The van der Waals surface area contributed by atoms with Gasteiger partial charge in [0, 0.05) is 62.0 Å². The zero-order valence-corrected chi connectivity index (χ0v) is 34.6. The molecule has 0 aliphatic rings. The molecule has 4 aromatic rings. The summed E-state index contributed by atoms with van der Waals surface area (Å²) in [5.41, 5.74) is 6.56. The number of hydrogen-bond acceptors (Lipinski definition) is 14. The lowest BCUT2D eigenvalue weighted by Crippen LogP contribution is -2.50. The normalized spacial score (nSPS) is 13.0. The molecule has 61 heavy (non-hydrogen) atoms. The third kappa shape index (κ3) is 15.1. The number of sulfonamides is 1. The van der Waals surface area contributed by atoms with Gasteiger partial charge in [0.1, 0.15) is 11.8 Å². The summed E-state index contributed by atoms with van der Waals surface area (Å²) in [7, 11) is -8.95. The second kappa shape index (κ2) is 21.2. The molecule has 2 amide bonds. The quantitative estimate of drug-likeness (QED) is 0.0242. The molecule has 8 N–H and O–H groups in total. The lowest BCUT2D eigenvalue weighted by Gasteiger charge is -2.20. The van der Waals surface area contributed by atoms with Crippen LogP contribution in [-0.2, 0) is 45.8 Å². The van der Waals surface area contributed by atoms with Gasteiger partial charge < -0.3 is 36.1 Å². The molecule has 0 aliphatic heterocycles.